The molecule has 0 saturated carbocycles. The zero-order valence-corrected chi connectivity index (χ0v) is 22.1. The first-order valence-corrected chi connectivity index (χ1v) is 13.7. The summed E-state index contributed by atoms with van der Waals surface area (Å²) in [6.45, 7) is 2.24. The van der Waals surface area contributed by atoms with E-state index in [2.05, 4.69) is 10.6 Å². The van der Waals surface area contributed by atoms with Gasteiger partial charge in [0.25, 0.3) is 5.91 Å². The van der Waals surface area contributed by atoms with Gasteiger partial charge in [-0.3, -0.25) is 19.8 Å². The molecule has 2 aliphatic rings. The molecule has 38 heavy (non-hydrogen) atoms. The van der Waals surface area contributed by atoms with Crippen LogP contribution in [0.25, 0.3) is 0 Å². The van der Waals surface area contributed by atoms with Crippen LogP contribution in [0.5, 0.6) is 11.5 Å². The molecule has 3 atom stereocenters. The number of nitrogens with one attached hydrogen (secondary N) is 3. The van der Waals surface area contributed by atoms with Gasteiger partial charge in [0.1, 0.15) is 23.4 Å². The molecule has 4 rings (SSSR count). The highest BCUT2D eigenvalue weighted by Gasteiger charge is 2.40. The van der Waals surface area contributed by atoms with Crippen LogP contribution in [0.2, 0.25) is 0 Å². The molecular formula is C28H33N5O4S. The summed E-state index contributed by atoms with van der Waals surface area (Å²) >= 11 is 1.55. The summed E-state index contributed by atoms with van der Waals surface area (Å²) in [7, 11) is 0. The van der Waals surface area contributed by atoms with Crippen LogP contribution in [-0.4, -0.2) is 58.9 Å². The van der Waals surface area contributed by atoms with E-state index in [0.29, 0.717) is 36.4 Å². The monoisotopic (exact) mass is 535 g/mol. The highest BCUT2D eigenvalue weighted by Crippen LogP contribution is 2.30. The summed E-state index contributed by atoms with van der Waals surface area (Å²) < 4.78 is 5.76. The first-order valence-electron chi connectivity index (χ1n) is 12.7. The van der Waals surface area contributed by atoms with Crippen LogP contribution in [0.3, 0.4) is 0 Å². The molecule has 0 radical (unpaired) electrons. The maximum absolute atomic E-state index is 13.2. The molecule has 0 aromatic heterocycles. The molecule has 9 nitrogen and oxygen atoms in total. The Balaban J connectivity index is 1.29. The minimum atomic E-state index is -0.564. The van der Waals surface area contributed by atoms with Crippen molar-refractivity contribution in [2.45, 2.75) is 49.9 Å². The van der Waals surface area contributed by atoms with Crippen LogP contribution in [0.1, 0.15) is 43.0 Å². The summed E-state index contributed by atoms with van der Waals surface area (Å²) in [5, 5.41) is 15.2. The number of benzene rings is 2. The number of hydrogen-bond donors (Lipinski definition) is 4. The largest absolute Gasteiger partial charge is 0.457 e. The minimum absolute atomic E-state index is 0.0450. The number of carbonyl (C=O) groups excluding carboxylic acids is 3. The van der Waals surface area contributed by atoms with Crippen molar-refractivity contribution >= 4 is 35.3 Å². The number of likely N-dealkylation sites (tertiary alicyclic amines) is 1. The lowest BCUT2D eigenvalue weighted by Crippen LogP contribution is -2.52. The Morgan fingerprint density at radius 2 is 1.76 bits per heavy atom. The number of thioether (sulfide) groups is 1. The molecule has 2 aromatic carbocycles. The Labute approximate surface area is 226 Å². The second kappa shape index (κ2) is 12.6. The van der Waals surface area contributed by atoms with E-state index in [-0.39, 0.29) is 41.4 Å². The maximum atomic E-state index is 13.2. The molecule has 0 spiro atoms. The predicted octanol–water partition coefficient (Wildman–Crippen LogP) is 3.42. The first-order chi connectivity index (χ1) is 18.4. The molecule has 2 heterocycles. The average molecular weight is 536 g/mol. The van der Waals surface area contributed by atoms with Gasteiger partial charge in [-0.05, 0) is 67.5 Å². The molecule has 1 saturated heterocycles. The minimum Gasteiger partial charge on any atom is -0.457 e. The topological polar surface area (TPSA) is 138 Å². The van der Waals surface area contributed by atoms with Crippen LogP contribution in [0.4, 0.5) is 0 Å². The number of amidine groups is 1. The summed E-state index contributed by atoms with van der Waals surface area (Å²) in [5.41, 5.74) is 6.75. The molecule has 2 aromatic rings. The van der Waals surface area contributed by atoms with Crippen LogP contribution in [0.15, 0.2) is 65.6 Å². The van der Waals surface area contributed by atoms with Crippen LogP contribution in [0, 0.1) is 5.41 Å². The molecule has 3 unspecified atom stereocenters. The molecular weight excluding hydrogens is 502 g/mol. The number of rotatable bonds is 10. The normalized spacial score (nSPS) is 20.5. The van der Waals surface area contributed by atoms with Crippen molar-refractivity contribution in [3.8, 4) is 11.5 Å². The van der Waals surface area contributed by atoms with Gasteiger partial charge in [-0.2, -0.15) is 0 Å². The number of amides is 3. The van der Waals surface area contributed by atoms with Crippen molar-refractivity contribution in [1.82, 2.24) is 15.5 Å². The molecule has 0 bridgehead atoms. The van der Waals surface area contributed by atoms with Crippen molar-refractivity contribution in [1.29, 1.82) is 5.41 Å². The zero-order chi connectivity index (χ0) is 27.1. The molecule has 1 fully saturated rings. The van der Waals surface area contributed by atoms with E-state index >= 15 is 0 Å². The Morgan fingerprint density at radius 1 is 1.05 bits per heavy atom. The first kappa shape index (κ1) is 27.3. The van der Waals surface area contributed by atoms with E-state index < -0.39 is 6.04 Å². The second-order valence-corrected chi connectivity index (χ2v) is 10.5. The van der Waals surface area contributed by atoms with E-state index in [1.165, 1.54) is 0 Å². The fourth-order valence-electron chi connectivity index (χ4n) is 4.71. The zero-order valence-electron chi connectivity index (χ0n) is 21.3. The van der Waals surface area contributed by atoms with Gasteiger partial charge in [0.05, 0.1) is 6.54 Å². The number of carbonyl (C=O) groups is 3. The number of ether oxygens (including phenoxy) is 1. The predicted molar refractivity (Wildman–Crippen MR) is 148 cm³/mol. The van der Waals surface area contributed by atoms with Crippen molar-refractivity contribution in [2.24, 2.45) is 5.73 Å². The number of para-hydroxylation sites is 1. The Morgan fingerprint density at radius 3 is 2.42 bits per heavy atom. The third-order valence-corrected chi connectivity index (χ3v) is 7.90. The van der Waals surface area contributed by atoms with E-state index in [4.69, 9.17) is 15.9 Å². The van der Waals surface area contributed by atoms with Crippen molar-refractivity contribution in [2.75, 3.05) is 13.1 Å². The van der Waals surface area contributed by atoms with Gasteiger partial charge in [0.15, 0.2) is 0 Å². The second-order valence-electron chi connectivity index (χ2n) is 9.34. The molecule has 3 amide bonds. The molecule has 10 heteroatoms. The fourth-order valence-corrected chi connectivity index (χ4v) is 5.75. The summed E-state index contributed by atoms with van der Waals surface area (Å²) in [6, 6.07) is 15.4. The molecule has 200 valence electrons. The summed E-state index contributed by atoms with van der Waals surface area (Å²) in [6.07, 6.45) is 2.69. The van der Waals surface area contributed by atoms with Crippen LogP contribution in [-0.2, 0) is 9.59 Å². The summed E-state index contributed by atoms with van der Waals surface area (Å²) in [4.78, 5) is 40.5. The van der Waals surface area contributed by atoms with E-state index in [9.17, 15) is 14.4 Å². The highest BCUT2D eigenvalue weighted by molar-refractivity contribution is 8.03. The Bertz CT molecular complexity index is 1200. The Hall–Kier alpha value is -3.79. The third kappa shape index (κ3) is 6.74. The van der Waals surface area contributed by atoms with Crippen LogP contribution >= 0.6 is 11.8 Å². The number of nitrogens with two attached hydrogens (primary N) is 1. The quantitative estimate of drug-likeness (QED) is 0.272. The van der Waals surface area contributed by atoms with Gasteiger partial charge < -0.3 is 26.0 Å². The number of hydrogen-bond acceptors (Lipinski definition) is 6. The van der Waals surface area contributed by atoms with Gasteiger partial charge in [-0.25, -0.2) is 0 Å². The summed E-state index contributed by atoms with van der Waals surface area (Å²) in [5.74, 6) is 0.525. The lowest BCUT2D eigenvalue weighted by molar-refractivity contribution is -0.139. The lowest BCUT2D eigenvalue weighted by Gasteiger charge is -2.29. The van der Waals surface area contributed by atoms with Gasteiger partial charge in [-0.15, -0.1) is 11.8 Å². The molecule has 0 aliphatic carbocycles. The Kier molecular flexibility index (Phi) is 9.06. The standard InChI is InChI=1S/C28H33N5O4S/c1-2-20-10-13-24(28(36)31-15-23-14-19(17-38-23)26(29)30)33(20)25(34)16-32-27(35)18-8-11-22(12-9-18)37-21-6-4-3-5-7-21/h3-9,11-12,17,20,23-24H,2,10,13-16H2,1H3,(H3,29,30)(H,31,36)(H,32,35). The smallest absolute Gasteiger partial charge is 0.251 e. The van der Waals surface area contributed by atoms with E-state index in [0.717, 1.165) is 18.4 Å². The van der Waals surface area contributed by atoms with Crippen molar-refractivity contribution in [3.63, 3.8) is 0 Å². The molecule has 5 N–H and O–H groups in total. The SMILES string of the molecule is CCC1CCC(C(=O)NCC2CC(C(=N)N)=CS2)N1C(=O)CNC(=O)c1ccc(Oc2ccccc2)cc1. The lowest BCUT2D eigenvalue weighted by atomic mass is 10.1. The third-order valence-electron chi connectivity index (χ3n) is 6.76. The van der Waals surface area contributed by atoms with Crippen molar-refractivity contribution < 1.29 is 19.1 Å². The molecule has 2 aliphatic heterocycles. The van der Waals surface area contributed by atoms with Gasteiger partial charge in [-0.1, -0.05) is 25.1 Å². The highest BCUT2D eigenvalue weighted by atomic mass is 32.2. The van der Waals surface area contributed by atoms with Gasteiger partial charge >= 0.3 is 0 Å². The maximum Gasteiger partial charge on any atom is 0.251 e. The van der Waals surface area contributed by atoms with Gasteiger partial charge in [0, 0.05) is 29.0 Å². The average Bonchev–Trinajstić information content (AvgIpc) is 3.59. The van der Waals surface area contributed by atoms with Gasteiger partial charge in [0.2, 0.25) is 11.8 Å². The fraction of sp³-hybridized carbons (Fsp3) is 0.357. The number of nitrogens with zero attached hydrogens (tertiary/aromatic N) is 1. The van der Waals surface area contributed by atoms with E-state index in [1.54, 1.807) is 40.9 Å². The van der Waals surface area contributed by atoms with Crippen molar-refractivity contribution in [3.05, 3.63) is 71.1 Å². The van der Waals surface area contributed by atoms with Crippen LogP contribution < -0.4 is 21.1 Å². The van der Waals surface area contributed by atoms with E-state index in [1.807, 2.05) is 42.7 Å².